The first-order chi connectivity index (χ1) is 7.12. The van der Waals surface area contributed by atoms with E-state index >= 15 is 0 Å². The van der Waals surface area contributed by atoms with Gasteiger partial charge in [0.05, 0.1) is 0 Å². The molecule has 0 aromatic heterocycles. The van der Waals surface area contributed by atoms with Crippen LogP contribution < -0.4 is 5.32 Å². The van der Waals surface area contributed by atoms with Crippen LogP contribution in [0.25, 0.3) is 0 Å². The second kappa shape index (κ2) is 9.21. The quantitative estimate of drug-likeness (QED) is 0.526. The van der Waals surface area contributed by atoms with E-state index in [0.717, 1.165) is 0 Å². The van der Waals surface area contributed by atoms with Crippen LogP contribution in [0.5, 0.6) is 0 Å². The highest BCUT2D eigenvalue weighted by Crippen LogP contribution is 2.12. The Kier molecular flexibility index (Phi) is 9.18. The number of unbranched alkanes of at least 4 members (excludes halogenated alkanes) is 5. The summed E-state index contributed by atoms with van der Waals surface area (Å²) in [6.45, 7) is 10.4. The Morgan fingerprint density at radius 3 is 2.00 bits per heavy atom. The zero-order valence-electron chi connectivity index (χ0n) is 11.4. The van der Waals surface area contributed by atoms with Crippen molar-refractivity contribution in [3.8, 4) is 0 Å². The molecular formula is C14H31N. The molecule has 0 aliphatic rings. The summed E-state index contributed by atoms with van der Waals surface area (Å²) < 4.78 is 0. The molecule has 92 valence electrons. The van der Waals surface area contributed by atoms with Gasteiger partial charge < -0.3 is 5.32 Å². The number of nitrogens with one attached hydrogen (secondary N) is 1. The van der Waals surface area contributed by atoms with Crippen molar-refractivity contribution in [1.82, 2.24) is 5.32 Å². The van der Waals surface area contributed by atoms with E-state index in [-0.39, 0.29) is 0 Å². The van der Waals surface area contributed by atoms with Crippen molar-refractivity contribution in [2.24, 2.45) is 0 Å². The predicted molar refractivity (Wildman–Crippen MR) is 70.4 cm³/mol. The minimum atomic E-state index is 0.348. The fraction of sp³-hybridized carbons (Fsp3) is 1.00. The van der Waals surface area contributed by atoms with Crippen molar-refractivity contribution < 1.29 is 0 Å². The van der Waals surface area contributed by atoms with Gasteiger partial charge in [-0.05, 0) is 33.2 Å². The highest BCUT2D eigenvalue weighted by Gasteiger charge is 2.14. The van der Waals surface area contributed by atoms with Gasteiger partial charge in [-0.15, -0.1) is 0 Å². The van der Waals surface area contributed by atoms with Crippen molar-refractivity contribution in [2.45, 2.75) is 84.6 Å². The molecule has 0 radical (unpaired) electrons. The molecule has 0 unspecified atom stereocenters. The van der Waals surface area contributed by atoms with E-state index in [1.165, 1.54) is 57.9 Å². The number of hydrogen-bond acceptors (Lipinski definition) is 1. The first-order valence-corrected chi connectivity index (χ1v) is 6.87. The monoisotopic (exact) mass is 213 g/mol. The molecule has 0 rings (SSSR count). The van der Waals surface area contributed by atoms with Crippen molar-refractivity contribution in [1.29, 1.82) is 0 Å². The van der Waals surface area contributed by atoms with Gasteiger partial charge in [-0.2, -0.15) is 0 Å². The van der Waals surface area contributed by atoms with Crippen LogP contribution in [0.3, 0.4) is 0 Å². The first-order valence-electron chi connectivity index (χ1n) is 6.87. The van der Waals surface area contributed by atoms with Gasteiger partial charge in [0, 0.05) is 5.54 Å². The molecule has 0 fully saturated rings. The molecular weight excluding hydrogens is 182 g/mol. The fourth-order valence-electron chi connectivity index (χ4n) is 1.86. The van der Waals surface area contributed by atoms with Crippen LogP contribution in [0.1, 0.15) is 79.1 Å². The molecule has 0 aromatic rings. The third kappa shape index (κ3) is 10.2. The van der Waals surface area contributed by atoms with Gasteiger partial charge in [-0.3, -0.25) is 0 Å². The molecule has 1 heteroatoms. The minimum absolute atomic E-state index is 0.348. The van der Waals surface area contributed by atoms with E-state index in [0.29, 0.717) is 5.54 Å². The van der Waals surface area contributed by atoms with Crippen LogP contribution in [0, 0.1) is 0 Å². The lowest BCUT2D eigenvalue weighted by atomic mass is 9.97. The van der Waals surface area contributed by atoms with Crippen LogP contribution >= 0.6 is 0 Å². The van der Waals surface area contributed by atoms with E-state index in [9.17, 15) is 0 Å². The molecule has 0 saturated heterocycles. The molecule has 0 aromatic carbocycles. The third-order valence-corrected chi connectivity index (χ3v) is 3.04. The summed E-state index contributed by atoms with van der Waals surface area (Å²) in [6.07, 6.45) is 10.8. The average Bonchev–Trinajstić information content (AvgIpc) is 2.20. The lowest BCUT2D eigenvalue weighted by Crippen LogP contribution is -2.39. The average molecular weight is 213 g/mol. The molecule has 0 aliphatic carbocycles. The summed E-state index contributed by atoms with van der Waals surface area (Å²) in [7, 11) is 0. The van der Waals surface area contributed by atoms with E-state index in [1.807, 2.05) is 0 Å². The third-order valence-electron chi connectivity index (χ3n) is 3.04. The van der Waals surface area contributed by atoms with Gasteiger partial charge in [-0.1, -0.05) is 52.4 Å². The van der Waals surface area contributed by atoms with Gasteiger partial charge in [0.25, 0.3) is 0 Å². The summed E-state index contributed by atoms with van der Waals surface area (Å²) in [4.78, 5) is 0. The van der Waals surface area contributed by atoms with Crippen molar-refractivity contribution in [3.05, 3.63) is 0 Å². The Hall–Kier alpha value is -0.0400. The topological polar surface area (TPSA) is 12.0 Å². The molecule has 0 bridgehead atoms. The van der Waals surface area contributed by atoms with Gasteiger partial charge in [-0.25, -0.2) is 0 Å². The van der Waals surface area contributed by atoms with Gasteiger partial charge >= 0.3 is 0 Å². The summed E-state index contributed by atoms with van der Waals surface area (Å²) in [5.74, 6) is 0. The summed E-state index contributed by atoms with van der Waals surface area (Å²) in [5, 5.41) is 3.67. The van der Waals surface area contributed by atoms with Crippen molar-refractivity contribution >= 4 is 0 Å². The highest BCUT2D eigenvalue weighted by atomic mass is 14.9. The summed E-state index contributed by atoms with van der Waals surface area (Å²) >= 11 is 0. The highest BCUT2D eigenvalue weighted by molar-refractivity contribution is 4.76. The standard InChI is InChI=1S/C14H31N/c1-5-7-9-10-11-13-15-14(3,4)12-8-6-2/h15H,5-13H2,1-4H3. The smallest absolute Gasteiger partial charge is 0.0125 e. The first kappa shape index (κ1) is 15.0. The maximum atomic E-state index is 3.67. The van der Waals surface area contributed by atoms with E-state index in [2.05, 4.69) is 33.0 Å². The molecule has 0 spiro atoms. The lowest BCUT2D eigenvalue weighted by Gasteiger charge is -2.26. The zero-order valence-corrected chi connectivity index (χ0v) is 11.4. The largest absolute Gasteiger partial charge is 0.312 e. The molecule has 1 nitrogen and oxygen atoms in total. The van der Waals surface area contributed by atoms with E-state index < -0.39 is 0 Å². The van der Waals surface area contributed by atoms with Gasteiger partial charge in [0.2, 0.25) is 0 Å². The summed E-state index contributed by atoms with van der Waals surface area (Å²) in [6, 6.07) is 0. The number of hydrogen-bond donors (Lipinski definition) is 1. The summed E-state index contributed by atoms with van der Waals surface area (Å²) in [5.41, 5.74) is 0.348. The molecule has 0 atom stereocenters. The Morgan fingerprint density at radius 2 is 1.40 bits per heavy atom. The zero-order chi connectivity index (χ0) is 11.6. The second-order valence-electron chi connectivity index (χ2n) is 5.33. The van der Waals surface area contributed by atoms with Crippen molar-refractivity contribution in [3.63, 3.8) is 0 Å². The SMILES string of the molecule is CCCCCCCNC(C)(C)CCCC. The minimum Gasteiger partial charge on any atom is -0.312 e. The van der Waals surface area contributed by atoms with E-state index in [1.54, 1.807) is 0 Å². The van der Waals surface area contributed by atoms with Crippen LogP contribution in [-0.2, 0) is 0 Å². The van der Waals surface area contributed by atoms with E-state index in [4.69, 9.17) is 0 Å². The van der Waals surface area contributed by atoms with Gasteiger partial charge in [0.15, 0.2) is 0 Å². The Morgan fingerprint density at radius 1 is 0.800 bits per heavy atom. The Labute approximate surface area is 97.0 Å². The molecule has 0 saturated carbocycles. The molecule has 15 heavy (non-hydrogen) atoms. The maximum absolute atomic E-state index is 3.67. The van der Waals surface area contributed by atoms with Crippen LogP contribution in [-0.4, -0.2) is 12.1 Å². The molecule has 0 aliphatic heterocycles. The molecule has 1 N–H and O–H groups in total. The normalized spacial score (nSPS) is 12.0. The van der Waals surface area contributed by atoms with Crippen LogP contribution in [0.2, 0.25) is 0 Å². The van der Waals surface area contributed by atoms with Crippen LogP contribution in [0.15, 0.2) is 0 Å². The second-order valence-corrected chi connectivity index (χ2v) is 5.33. The van der Waals surface area contributed by atoms with Crippen molar-refractivity contribution in [2.75, 3.05) is 6.54 Å². The fourth-order valence-corrected chi connectivity index (χ4v) is 1.86. The Balaban J connectivity index is 3.32. The molecule has 0 amide bonds. The Bertz CT molecular complexity index is 129. The molecule has 0 heterocycles. The van der Waals surface area contributed by atoms with Crippen LogP contribution in [0.4, 0.5) is 0 Å². The van der Waals surface area contributed by atoms with Gasteiger partial charge in [0.1, 0.15) is 0 Å². The lowest BCUT2D eigenvalue weighted by molar-refractivity contribution is 0.347. The number of rotatable bonds is 10. The maximum Gasteiger partial charge on any atom is 0.0125 e. The predicted octanol–water partition coefficient (Wildman–Crippen LogP) is 4.52.